The molecule has 2 atom stereocenters. The number of hydroxylamine groups is 1. The van der Waals surface area contributed by atoms with E-state index in [1.807, 2.05) is 6.08 Å². The average molecular weight is 389 g/mol. The largest absolute Gasteiger partial charge is 0.490 e. The molecule has 0 saturated carbocycles. The molecule has 2 amide bonds. The van der Waals surface area contributed by atoms with Crippen molar-refractivity contribution in [2.24, 2.45) is 5.73 Å². The lowest BCUT2D eigenvalue weighted by atomic mass is 10.1. The maximum absolute atomic E-state index is 12.3. The summed E-state index contributed by atoms with van der Waals surface area (Å²) in [6, 6.07) is 4.89. The van der Waals surface area contributed by atoms with Crippen molar-refractivity contribution in [3.63, 3.8) is 0 Å². The van der Waals surface area contributed by atoms with Gasteiger partial charge in [0.2, 0.25) is 0 Å². The first-order chi connectivity index (χ1) is 13.2. The number of rotatable bonds is 10. The van der Waals surface area contributed by atoms with Gasteiger partial charge in [-0.1, -0.05) is 17.2 Å². The van der Waals surface area contributed by atoms with Gasteiger partial charge in [0.05, 0.1) is 0 Å². The Morgan fingerprint density at radius 3 is 2.36 bits per heavy atom. The highest BCUT2D eigenvalue weighted by Crippen LogP contribution is 2.13. The monoisotopic (exact) mass is 389 g/mol. The molecule has 7 nitrogen and oxygen atoms in total. The number of hydrogen-bond acceptors (Lipinski definition) is 5. The Labute approximate surface area is 166 Å². The maximum Gasteiger partial charge on any atom is 0.267 e. The van der Waals surface area contributed by atoms with Crippen LogP contribution in [0.1, 0.15) is 50.9 Å². The van der Waals surface area contributed by atoms with E-state index in [4.69, 9.17) is 15.7 Å². The predicted octanol–water partition coefficient (Wildman–Crippen LogP) is 2.71. The Hall–Kier alpha value is -2.64. The molecule has 0 bridgehead atoms. The number of nitrogens with two attached hydrogens (primary N) is 1. The van der Waals surface area contributed by atoms with Crippen LogP contribution in [0.2, 0.25) is 0 Å². The summed E-state index contributed by atoms with van der Waals surface area (Å²) < 4.78 is 5.67. The third-order valence-electron chi connectivity index (χ3n) is 4.09. The summed E-state index contributed by atoms with van der Waals surface area (Å²) >= 11 is 0. The molecular weight excluding hydrogens is 358 g/mol. The Bertz CT molecular complexity index is 705. The van der Waals surface area contributed by atoms with E-state index in [9.17, 15) is 9.59 Å². The summed E-state index contributed by atoms with van der Waals surface area (Å²) in [5.74, 6) is -0.593. The molecule has 0 aliphatic carbocycles. The minimum atomic E-state index is -1.03. The topological polar surface area (TPSA) is 114 Å². The molecule has 0 fully saturated rings. The smallest absolute Gasteiger partial charge is 0.267 e. The molecule has 1 aromatic carbocycles. The summed E-state index contributed by atoms with van der Waals surface area (Å²) in [4.78, 5) is 23.8. The van der Waals surface area contributed by atoms with E-state index in [-0.39, 0.29) is 0 Å². The van der Waals surface area contributed by atoms with Crippen LogP contribution in [0.25, 0.3) is 0 Å². The first-order valence-electron chi connectivity index (χ1n) is 9.26. The van der Waals surface area contributed by atoms with Crippen molar-refractivity contribution in [2.45, 2.75) is 52.6 Å². The van der Waals surface area contributed by atoms with Crippen LogP contribution in [0.3, 0.4) is 0 Å². The number of hydrogen-bond donors (Lipinski definition) is 4. The predicted molar refractivity (Wildman–Crippen MR) is 109 cm³/mol. The molecule has 1 aromatic rings. The van der Waals surface area contributed by atoms with Crippen molar-refractivity contribution in [1.29, 1.82) is 0 Å². The van der Waals surface area contributed by atoms with Crippen LogP contribution in [0.4, 0.5) is 0 Å². The third kappa shape index (κ3) is 8.37. The van der Waals surface area contributed by atoms with E-state index in [2.05, 4.69) is 32.2 Å². The van der Waals surface area contributed by atoms with Crippen LogP contribution in [-0.4, -0.2) is 35.7 Å². The van der Waals surface area contributed by atoms with E-state index >= 15 is 0 Å². The Morgan fingerprint density at radius 1 is 1.18 bits per heavy atom. The first kappa shape index (κ1) is 23.4. The normalized spacial score (nSPS) is 13.3. The molecule has 0 heterocycles. The minimum absolute atomic E-state index is 0.359. The fraction of sp³-hybridized carbons (Fsp3) is 0.429. The number of benzene rings is 1. The summed E-state index contributed by atoms with van der Waals surface area (Å²) in [7, 11) is 0. The Balaban J connectivity index is 2.57. The number of nitrogens with one attached hydrogen (secondary N) is 2. The lowest BCUT2D eigenvalue weighted by molar-refractivity contribution is -0.131. The van der Waals surface area contributed by atoms with Gasteiger partial charge in [-0.15, -0.1) is 0 Å². The van der Waals surface area contributed by atoms with Crippen molar-refractivity contribution in [2.75, 3.05) is 6.61 Å². The molecule has 0 spiro atoms. The van der Waals surface area contributed by atoms with E-state index in [0.29, 0.717) is 17.9 Å². The number of carbonyl (C=O) groups excluding carboxylic acids is 2. The highest BCUT2D eigenvalue weighted by Gasteiger charge is 2.24. The fourth-order valence-electron chi connectivity index (χ4n) is 2.40. The van der Waals surface area contributed by atoms with Crippen molar-refractivity contribution >= 4 is 11.8 Å². The van der Waals surface area contributed by atoms with E-state index < -0.39 is 23.9 Å². The molecule has 1 rings (SSSR count). The summed E-state index contributed by atoms with van der Waals surface area (Å²) in [6.45, 7) is 8.27. The molecule has 7 heteroatoms. The minimum Gasteiger partial charge on any atom is -0.490 e. The van der Waals surface area contributed by atoms with Gasteiger partial charge in [-0.2, -0.15) is 0 Å². The first-order valence-corrected chi connectivity index (χ1v) is 9.26. The molecular formula is C21H31N3O4. The van der Waals surface area contributed by atoms with E-state index in [1.165, 1.54) is 16.6 Å². The quantitative estimate of drug-likeness (QED) is 0.279. The van der Waals surface area contributed by atoms with Gasteiger partial charge < -0.3 is 15.8 Å². The second-order valence-corrected chi connectivity index (χ2v) is 6.99. The lowest BCUT2D eigenvalue weighted by Gasteiger charge is -2.20. The van der Waals surface area contributed by atoms with Gasteiger partial charge in [-0.3, -0.25) is 14.8 Å². The molecule has 0 aliphatic rings. The SMILES string of the molecule is CC(C)=CCC/C(C)=C/COc1ccc(C(=O)N[C@H](C(=O)NO)[C@@H](C)N)cc1. The second kappa shape index (κ2) is 11.9. The molecule has 0 unspecified atom stereocenters. The Kier molecular flexibility index (Phi) is 9.98. The fourth-order valence-corrected chi connectivity index (χ4v) is 2.40. The second-order valence-electron chi connectivity index (χ2n) is 6.99. The number of carbonyl (C=O) groups is 2. The van der Waals surface area contributed by atoms with Crippen molar-refractivity contribution in [1.82, 2.24) is 10.8 Å². The van der Waals surface area contributed by atoms with Gasteiger partial charge in [0.1, 0.15) is 18.4 Å². The highest BCUT2D eigenvalue weighted by atomic mass is 16.5. The molecule has 0 aromatic heterocycles. The Morgan fingerprint density at radius 2 is 1.82 bits per heavy atom. The van der Waals surface area contributed by atoms with Crippen LogP contribution in [0.5, 0.6) is 5.75 Å². The average Bonchev–Trinajstić information content (AvgIpc) is 2.65. The van der Waals surface area contributed by atoms with Gasteiger partial charge in [-0.25, -0.2) is 5.48 Å². The molecule has 28 heavy (non-hydrogen) atoms. The van der Waals surface area contributed by atoms with Gasteiger partial charge in [-0.05, 0) is 70.9 Å². The zero-order chi connectivity index (χ0) is 21.1. The van der Waals surface area contributed by atoms with Crippen LogP contribution in [0.15, 0.2) is 47.6 Å². The summed E-state index contributed by atoms with van der Waals surface area (Å²) in [5.41, 5.74) is 10.1. The number of allylic oxidation sites excluding steroid dienone is 3. The van der Waals surface area contributed by atoms with Gasteiger partial charge in [0, 0.05) is 11.6 Å². The molecule has 0 aliphatic heterocycles. The maximum atomic E-state index is 12.3. The number of amides is 2. The van der Waals surface area contributed by atoms with Crippen LogP contribution < -0.4 is 21.3 Å². The molecule has 0 radical (unpaired) electrons. The zero-order valence-corrected chi connectivity index (χ0v) is 17.0. The van der Waals surface area contributed by atoms with Gasteiger partial charge in [0.15, 0.2) is 0 Å². The summed E-state index contributed by atoms with van der Waals surface area (Å²) in [6.07, 6.45) is 6.27. The van der Waals surface area contributed by atoms with Gasteiger partial charge >= 0.3 is 0 Å². The third-order valence-corrected chi connectivity index (χ3v) is 4.09. The molecule has 0 saturated heterocycles. The highest BCUT2D eigenvalue weighted by molar-refractivity contribution is 5.97. The zero-order valence-electron chi connectivity index (χ0n) is 17.0. The van der Waals surface area contributed by atoms with Crippen molar-refractivity contribution in [3.05, 3.63) is 53.1 Å². The van der Waals surface area contributed by atoms with E-state index in [0.717, 1.165) is 12.8 Å². The number of ether oxygens (including phenoxy) is 1. The van der Waals surface area contributed by atoms with Crippen molar-refractivity contribution < 1.29 is 19.5 Å². The standard InChI is InChI=1S/C21H31N3O4/c1-14(2)6-5-7-15(3)12-13-28-18-10-8-17(9-11-18)20(25)23-19(16(4)22)21(26)24-27/h6,8-12,16,19,27H,5,7,13,22H2,1-4H3,(H,23,25)(H,24,26)/b15-12+/t16-,19+/m1/s1. The van der Waals surface area contributed by atoms with E-state index in [1.54, 1.807) is 31.2 Å². The molecule has 154 valence electrons. The van der Waals surface area contributed by atoms with Crippen LogP contribution >= 0.6 is 0 Å². The van der Waals surface area contributed by atoms with Crippen LogP contribution in [0, 0.1) is 0 Å². The van der Waals surface area contributed by atoms with Gasteiger partial charge in [0.25, 0.3) is 11.8 Å². The van der Waals surface area contributed by atoms with Crippen molar-refractivity contribution in [3.8, 4) is 5.75 Å². The lowest BCUT2D eigenvalue weighted by Crippen LogP contribution is -2.54. The molecule has 5 N–H and O–H groups in total. The summed E-state index contributed by atoms with van der Waals surface area (Å²) in [5, 5.41) is 11.2. The van der Waals surface area contributed by atoms with Crippen LogP contribution in [-0.2, 0) is 4.79 Å².